The Morgan fingerprint density at radius 1 is 1.25 bits per heavy atom. The van der Waals surface area contributed by atoms with Crippen LogP contribution in [-0.2, 0) is 11.3 Å². The zero-order valence-electron chi connectivity index (χ0n) is 9.99. The van der Waals surface area contributed by atoms with Crippen LogP contribution >= 0.6 is 0 Å². The SMILES string of the molecule is Cc1cccc(COC2CCC(N)CC2)c1. The van der Waals surface area contributed by atoms with Crippen molar-refractivity contribution in [2.24, 2.45) is 5.73 Å². The van der Waals surface area contributed by atoms with Crippen LogP contribution in [-0.4, -0.2) is 12.1 Å². The van der Waals surface area contributed by atoms with E-state index < -0.39 is 0 Å². The van der Waals surface area contributed by atoms with Gasteiger partial charge in [-0.3, -0.25) is 0 Å². The fourth-order valence-corrected chi connectivity index (χ4v) is 2.27. The van der Waals surface area contributed by atoms with Crippen LogP contribution in [0.15, 0.2) is 24.3 Å². The molecule has 1 aliphatic carbocycles. The van der Waals surface area contributed by atoms with Gasteiger partial charge in [0.2, 0.25) is 0 Å². The molecule has 0 heterocycles. The third-order valence-electron chi connectivity index (χ3n) is 3.29. The monoisotopic (exact) mass is 219 g/mol. The average Bonchev–Trinajstić information content (AvgIpc) is 2.28. The first-order valence-electron chi connectivity index (χ1n) is 6.17. The molecule has 88 valence electrons. The predicted octanol–water partition coefficient (Wildman–Crippen LogP) is 2.78. The highest BCUT2D eigenvalue weighted by Crippen LogP contribution is 2.21. The van der Waals surface area contributed by atoms with Gasteiger partial charge in [-0.15, -0.1) is 0 Å². The fraction of sp³-hybridized carbons (Fsp3) is 0.571. The third kappa shape index (κ3) is 3.32. The van der Waals surface area contributed by atoms with Crippen LogP contribution in [0.25, 0.3) is 0 Å². The summed E-state index contributed by atoms with van der Waals surface area (Å²) in [5.74, 6) is 0. The Balaban J connectivity index is 1.79. The zero-order valence-corrected chi connectivity index (χ0v) is 9.99. The quantitative estimate of drug-likeness (QED) is 0.848. The summed E-state index contributed by atoms with van der Waals surface area (Å²) in [6.07, 6.45) is 4.87. The molecule has 2 nitrogen and oxygen atoms in total. The Morgan fingerprint density at radius 2 is 2.00 bits per heavy atom. The van der Waals surface area contributed by atoms with Crippen molar-refractivity contribution in [3.63, 3.8) is 0 Å². The van der Waals surface area contributed by atoms with E-state index in [1.165, 1.54) is 11.1 Å². The normalized spacial score (nSPS) is 25.6. The van der Waals surface area contributed by atoms with Gasteiger partial charge in [0.15, 0.2) is 0 Å². The van der Waals surface area contributed by atoms with Gasteiger partial charge in [0.05, 0.1) is 12.7 Å². The number of hydrogen-bond acceptors (Lipinski definition) is 2. The molecule has 1 fully saturated rings. The Labute approximate surface area is 97.8 Å². The number of nitrogens with two attached hydrogens (primary N) is 1. The Bertz CT molecular complexity index is 329. The molecule has 0 atom stereocenters. The molecular weight excluding hydrogens is 198 g/mol. The smallest absolute Gasteiger partial charge is 0.0720 e. The van der Waals surface area contributed by atoms with E-state index in [1.54, 1.807) is 0 Å². The molecular formula is C14H21NO. The summed E-state index contributed by atoms with van der Waals surface area (Å²) in [5, 5.41) is 0. The van der Waals surface area contributed by atoms with Crippen molar-refractivity contribution in [1.29, 1.82) is 0 Å². The second-order valence-corrected chi connectivity index (χ2v) is 4.84. The first-order valence-corrected chi connectivity index (χ1v) is 6.17. The van der Waals surface area contributed by atoms with Crippen molar-refractivity contribution in [3.8, 4) is 0 Å². The maximum Gasteiger partial charge on any atom is 0.0720 e. The number of hydrogen-bond donors (Lipinski definition) is 1. The van der Waals surface area contributed by atoms with E-state index in [-0.39, 0.29) is 0 Å². The molecule has 0 spiro atoms. The summed E-state index contributed by atoms with van der Waals surface area (Å²) < 4.78 is 5.92. The lowest BCUT2D eigenvalue weighted by molar-refractivity contribution is 0.0138. The fourth-order valence-electron chi connectivity index (χ4n) is 2.27. The lowest BCUT2D eigenvalue weighted by Crippen LogP contribution is -2.30. The molecule has 0 saturated heterocycles. The van der Waals surface area contributed by atoms with E-state index in [2.05, 4.69) is 31.2 Å². The average molecular weight is 219 g/mol. The van der Waals surface area contributed by atoms with Gasteiger partial charge in [0.1, 0.15) is 0 Å². The lowest BCUT2D eigenvalue weighted by Gasteiger charge is -2.26. The molecule has 2 heteroatoms. The minimum absolute atomic E-state index is 0.402. The van der Waals surface area contributed by atoms with Crippen LogP contribution in [0.2, 0.25) is 0 Å². The Morgan fingerprint density at radius 3 is 2.69 bits per heavy atom. The summed E-state index contributed by atoms with van der Waals surface area (Å²) in [6, 6.07) is 8.92. The summed E-state index contributed by atoms with van der Waals surface area (Å²) in [4.78, 5) is 0. The summed E-state index contributed by atoms with van der Waals surface area (Å²) >= 11 is 0. The largest absolute Gasteiger partial charge is 0.374 e. The highest BCUT2D eigenvalue weighted by Gasteiger charge is 2.18. The van der Waals surface area contributed by atoms with Crippen LogP contribution in [0.4, 0.5) is 0 Å². The standard InChI is InChI=1S/C14H21NO/c1-11-3-2-4-12(9-11)10-16-14-7-5-13(15)6-8-14/h2-4,9,13-14H,5-8,10,15H2,1H3. The number of ether oxygens (including phenoxy) is 1. The van der Waals surface area contributed by atoms with Gasteiger partial charge in [-0.1, -0.05) is 29.8 Å². The summed E-state index contributed by atoms with van der Waals surface area (Å²) in [5.41, 5.74) is 8.44. The second-order valence-electron chi connectivity index (χ2n) is 4.84. The molecule has 1 aromatic carbocycles. The third-order valence-corrected chi connectivity index (χ3v) is 3.29. The molecule has 1 aliphatic rings. The summed E-state index contributed by atoms with van der Waals surface area (Å²) in [6.45, 7) is 2.85. The zero-order chi connectivity index (χ0) is 11.4. The maximum atomic E-state index is 5.92. The van der Waals surface area contributed by atoms with Gasteiger partial charge in [0, 0.05) is 6.04 Å². The molecule has 2 rings (SSSR count). The van der Waals surface area contributed by atoms with Crippen molar-refractivity contribution < 1.29 is 4.74 Å². The van der Waals surface area contributed by atoms with Crippen LogP contribution in [0, 0.1) is 6.92 Å². The van der Waals surface area contributed by atoms with Gasteiger partial charge in [-0.2, -0.15) is 0 Å². The number of benzene rings is 1. The Hall–Kier alpha value is -0.860. The first kappa shape index (κ1) is 11.6. The molecule has 0 aromatic heterocycles. The summed E-state index contributed by atoms with van der Waals surface area (Å²) in [7, 11) is 0. The van der Waals surface area contributed by atoms with E-state index in [1.807, 2.05) is 0 Å². The van der Waals surface area contributed by atoms with Crippen LogP contribution in [0.1, 0.15) is 36.8 Å². The van der Waals surface area contributed by atoms with Gasteiger partial charge in [-0.25, -0.2) is 0 Å². The first-order chi connectivity index (χ1) is 7.74. The molecule has 0 bridgehead atoms. The highest BCUT2D eigenvalue weighted by atomic mass is 16.5. The molecule has 1 aromatic rings. The van der Waals surface area contributed by atoms with E-state index in [0.29, 0.717) is 12.1 Å². The van der Waals surface area contributed by atoms with Crippen molar-refractivity contribution >= 4 is 0 Å². The van der Waals surface area contributed by atoms with Gasteiger partial charge < -0.3 is 10.5 Å². The number of aryl methyl sites for hydroxylation is 1. The molecule has 0 radical (unpaired) electrons. The molecule has 0 amide bonds. The molecule has 16 heavy (non-hydrogen) atoms. The van der Waals surface area contributed by atoms with Crippen LogP contribution in [0.5, 0.6) is 0 Å². The minimum Gasteiger partial charge on any atom is -0.374 e. The van der Waals surface area contributed by atoms with E-state index >= 15 is 0 Å². The van der Waals surface area contributed by atoms with E-state index in [0.717, 1.165) is 32.3 Å². The predicted molar refractivity (Wildman–Crippen MR) is 66.2 cm³/mol. The van der Waals surface area contributed by atoms with Crippen LogP contribution < -0.4 is 5.73 Å². The van der Waals surface area contributed by atoms with Crippen molar-refractivity contribution in [2.45, 2.75) is 51.4 Å². The minimum atomic E-state index is 0.402. The van der Waals surface area contributed by atoms with Gasteiger partial charge >= 0.3 is 0 Å². The van der Waals surface area contributed by atoms with E-state index in [9.17, 15) is 0 Å². The number of rotatable bonds is 3. The van der Waals surface area contributed by atoms with E-state index in [4.69, 9.17) is 10.5 Å². The molecule has 1 saturated carbocycles. The Kier molecular flexibility index (Phi) is 3.97. The topological polar surface area (TPSA) is 35.2 Å². The van der Waals surface area contributed by atoms with Gasteiger partial charge in [-0.05, 0) is 38.2 Å². The highest BCUT2D eigenvalue weighted by molar-refractivity contribution is 5.21. The van der Waals surface area contributed by atoms with Crippen LogP contribution in [0.3, 0.4) is 0 Å². The van der Waals surface area contributed by atoms with Crippen molar-refractivity contribution in [2.75, 3.05) is 0 Å². The van der Waals surface area contributed by atoms with Gasteiger partial charge in [0.25, 0.3) is 0 Å². The lowest BCUT2D eigenvalue weighted by atomic mass is 9.94. The molecule has 0 unspecified atom stereocenters. The second kappa shape index (κ2) is 5.46. The van der Waals surface area contributed by atoms with Crippen molar-refractivity contribution in [3.05, 3.63) is 35.4 Å². The molecule has 2 N–H and O–H groups in total. The molecule has 0 aliphatic heterocycles. The maximum absolute atomic E-state index is 5.92. The van der Waals surface area contributed by atoms with Crippen molar-refractivity contribution in [1.82, 2.24) is 0 Å².